The average Bonchev–Trinajstić information content (AvgIpc) is 2.78. The second-order valence-corrected chi connectivity index (χ2v) is 7.08. The zero-order valence-electron chi connectivity index (χ0n) is 17.5. The monoisotopic (exact) mass is 440 g/mol. The summed E-state index contributed by atoms with van der Waals surface area (Å²) < 4.78 is 16.5. The minimum atomic E-state index is -0.265. The molecule has 3 rings (SSSR count). The van der Waals surface area contributed by atoms with Crippen LogP contribution >= 0.6 is 11.6 Å². The van der Waals surface area contributed by atoms with Gasteiger partial charge in [0.15, 0.2) is 18.1 Å². The number of carbonyl (C=O) groups is 1. The highest BCUT2D eigenvalue weighted by atomic mass is 35.5. The molecule has 1 amide bonds. The van der Waals surface area contributed by atoms with Gasteiger partial charge >= 0.3 is 0 Å². The van der Waals surface area contributed by atoms with Crippen LogP contribution in [0, 0.1) is 0 Å². The van der Waals surface area contributed by atoms with Gasteiger partial charge in [0.25, 0.3) is 5.91 Å². The van der Waals surface area contributed by atoms with E-state index >= 15 is 0 Å². The minimum Gasteiger partial charge on any atom is -0.497 e. The van der Waals surface area contributed by atoms with Gasteiger partial charge in [-0.15, -0.1) is 0 Å². The molecule has 0 heterocycles. The largest absolute Gasteiger partial charge is 0.497 e. The van der Waals surface area contributed by atoms with Crippen molar-refractivity contribution in [2.24, 2.45) is 0 Å². The van der Waals surface area contributed by atoms with Crippen LogP contribution in [0.1, 0.15) is 12.5 Å². The Morgan fingerprint density at radius 1 is 0.935 bits per heavy atom. The fourth-order valence-electron chi connectivity index (χ4n) is 2.87. The van der Waals surface area contributed by atoms with Crippen LogP contribution in [0.4, 0.5) is 11.4 Å². The number of ether oxygens (including phenoxy) is 3. The van der Waals surface area contributed by atoms with E-state index in [2.05, 4.69) is 10.6 Å². The summed E-state index contributed by atoms with van der Waals surface area (Å²) in [4.78, 5) is 12.2. The van der Waals surface area contributed by atoms with E-state index in [1.165, 1.54) is 0 Å². The van der Waals surface area contributed by atoms with Crippen molar-refractivity contribution in [3.8, 4) is 17.2 Å². The van der Waals surface area contributed by atoms with Gasteiger partial charge in [0.1, 0.15) is 5.75 Å². The Labute approximate surface area is 187 Å². The van der Waals surface area contributed by atoms with Crippen molar-refractivity contribution in [2.45, 2.75) is 13.5 Å². The van der Waals surface area contributed by atoms with Crippen LogP contribution in [0.3, 0.4) is 0 Å². The van der Waals surface area contributed by atoms with Crippen LogP contribution in [0.5, 0.6) is 17.2 Å². The van der Waals surface area contributed by atoms with Crippen molar-refractivity contribution in [1.29, 1.82) is 0 Å². The summed E-state index contributed by atoms with van der Waals surface area (Å²) in [6.07, 6.45) is 0. The van der Waals surface area contributed by atoms with Gasteiger partial charge in [0, 0.05) is 22.9 Å². The normalized spacial score (nSPS) is 10.3. The van der Waals surface area contributed by atoms with Crippen molar-refractivity contribution >= 4 is 28.9 Å². The van der Waals surface area contributed by atoms with Gasteiger partial charge < -0.3 is 24.8 Å². The first-order valence-corrected chi connectivity index (χ1v) is 10.3. The van der Waals surface area contributed by atoms with Crippen molar-refractivity contribution in [1.82, 2.24) is 0 Å². The van der Waals surface area contributed by atoms with Gasteiger partial charge in [-0.3, -0.25) is 4.79 Å². The molecule has 0 aliphatic rings. The average molecular weight is 441 g/mol. The van der Waals surface area contributed by atoms with Crippen molar-refractivity contribution in [2.75, 3.05) is 31.0 Å². The summed E-state index contributed by atoms with van der Waals surface area (Å²) in [6.45, 7) is 2.85. The molecule has 6 nitrogen and oxygen atoms in total. The zero-order valence-corrected chi connectivity index (χ0v) is 18.2. The maximum absolute atomic E-state index is 12.2. The van der Waals surface area contributed by atoms with Gasteiger partial charge in [-0.2, -0.15) is 0 Å². The molecule has 0 bridgehead atoms. The lowest BCUT2D eigenvalue weighted by atomic mass is 10.2. The molecule has 0 atom stereocenters. The van der Waals surface area contributed by atoms with Gasteiger partial charge in [-0.1, -0.05) is 23.7 Å². The van der Waals surface area contributed by atoms with Gasteiger partial charge in [-0.25, -0.2) is 0 Å². The summed E-state index contributed by atoms with van der Waals surface area (Å²) in [5.41, 5.74) is 2.61. The smallest absolute Gasteiger partial charge is 0.262 e. The van der Waals surface area contributed by atoms with Crippen LogP contribution in [0.2, 0.25) is 5.02 Å². The predicted octanol–water partition coefficient (Wildman–Crippen LogP) is 5.38. The molecule has 2 N–H and O–H groups in total. The Hall–Kier alpha value is -3.38. The Balaban J connectivity index is 1.58. The van der Waals surface area contributed by atoms with Crippen LogP contribution in [-0.4, -0.2) is 26.2 Å². The van der Waals surface area contributed by atoms with E-state index in [4.69, 9.17) is 25.8 Å². The number of carbonyl (C=O) groups excluding carboxylic acids is 1. The molecule has 0 aliphatic carbocycles. The molecule has 7 heteroatoms. The summed E-state index contributed by atoms with van der Waals surface area (Å²) >= 11 is 6.02. The van der Waals surface area contributed by atoms with E-state index < -0.39 is 0 Å². The molecule has 162 valence electrons. The molecule has 31 heavy (non-hydrogen) atoms. The summed E-state index contributed by atoms with van der Waals surface area (Å²) in [5, 5.41) is 6.79. The number of hydrogen-bond acceptors (Lipinski definition) is 5. The first-order valence-electron chi connectivity index (χ1n) is 9.89. The topological polar surface area (TPSA) is 68.8 Å². The number of rotatable bonds is 10. The van der Waals surface area contributed by atoms with Crippen LogP contribution in [-0.2, 0) is 11.3 Å². The van der Waals surface area contributed by atoms with Crippen molar-refractivity contribution < 1.29 is 19.0 Å². The lowest BCUT2D eigenvalue weighted by Gasteiger charge is -2.14. The number of hydrogen-bond donors (Lipinski definition) is 2. The number of anilines is 2. The molecule has 0 spiro atoms. The molecule has 0 saturated heterocycles. The Kier molecular flexibility index (Phi) is 8.01. The molecule has 0 aromatic heterocycles. The predicted molar refractivity (Wildman–Crippen MR) is 124 cm³/mol. The van der Waals surface area contributed by atoms with E-state index in [0.29, 0.717) is 35.4 Å². The number of nitrogens with one attached hydrogen (secondary N) is 2. The van der Waals surface area contributed by atoms with Gasteiger partial charge in [0.2, 0.25) is 0 Å². The highest BCUT2D eigenvalue weighted by Crippen LogP contribution is 2.29. The Morgan fingerprint density at radius 3 is 2.45 bits per heavy atom. The van der Waals surface area contributed by atoms with E-state index in [1.54, 1.807) is 37.4 Å². The first kappa shape index (κ1) is 22.3. The number of halogens is 1. The minimum absolute atomic E-state index is 0.133. The van der Waals surface area contributed by atoms with E-state index in [9.17, 15) is 4.79 Å². The molecule has 3 aromatic carbocycles. The van der Waals surface area contributed by atoms with Crippen LogP contribution in [0.25, 0.3) is 0 Å². The second kappa shape index (κ2) is 11.1. The summed E-state index contributed by atoms with van der Waals surface area (Å²) in [5.74, 6) is 1.56. The fourth-order valence-corrected chi connectivity index (χ4v) is 3.06. The van der Waals surface area contributed by atoms with Crippen LogP contribution in [0.15, 0.2) is 66.7 Å². The van der Waals surface area contributed by atoms with Crippen molar-refractivity contribution in [3.63, 3.8) is 0 Å². The molecule has 0 saturated carbocycles. The zero-order chi connectivity index (χ0) is 22.1. The Bertz CT molecular complexity index is 1010. The highest BCUT2D eigenvalue weighted by molar-refractivity contribution is 6.30. The third kappa shape index (κ3) is 6.83. The maximum atomic E-state index is 12.2. The van der Waals surface area contributed by atoms with Crippen LogP contribution < -0.4 is 24.8 Å². The third-order valence-corrected chi connectivity index (χ3v) is 4.60. The van der Waals surface area contributed by atoms with E-state index in [-0.39, 0.29) is 12.5 Å². The maximum Gasteiger partial charge on any atom is 0.262 e. The Morgan fingerprint density at radius 2 is 1.74 bits per heavy atom. The lowest BCUT2D eigenvalue weighted by molar-refractivity contribution is -0.118. The van der Waals surface area contributed by atoms with Gasteiger partial charge in [-0.05, 0) is 67.1 Å². The highest BCUT2D eigenvalue weighted by Gasteiger charge is 2.10. The molecule has 0 unspecified atom stereocenters. The molecule has 0 radical (unpaired) electrons. The second-order valence-electron chi connectivity index (χ2n) is 6.64. The van der Waals surface area contributed by atoms with Gasteiger partial charge in [0.05, 0.1) is 13.7 Å². The van der Waals surface area contributed by atoms with Crippen molar-refractivity contribution in [3.05, 3.63) is 77.3 Å². The van der Waals surface area contributed by atoms with E-state index in [0.717, 1.165) is 17.0 Å². The lowest BCUT2D eigenvalue weighted by Crippen LogP contribution is -2.20. The fraction of sp³-hybridized carbons (Fsp3) is 0.208. The molecule has 0 fully saturated rings. The molecule has 0 aliphatic heterocycles. The SMILES string of the molecule is CCOc1cc(CNc2cccc(Cl)c2)ccc1OCC(=O)Nc1ccc(OC)cc1. The summed E-state index contributed by atoms with van der Waals surface area (Å²) in [6, 6.07) is 20.3. The molecule has 3 aromatic rings. The number of benzene rings is 3. The molecular weight excluding hydrogens is 416 g/mol. The quantitative estimate of drug-likeness (QED) is 0.443. The number of methoxy groups -OCH3 is 1. The third-order valence-electron chi connectivity index (χ3n) is 4.36. The number of amides is 1. The standard InChI is InChI=1S/C24H25ClN2O4/c1-3-30-23-13-17(15-26-20-6-4-5-18(25)14-20)7-12-22(23)31-16-24(28)27-19-8-10-21(29-2)11-9-19/h4-14,26H,3,15-16H2,1-2H3,(H,27,28). The summed E-state index contributed by atoms with van der Waals surface area (Å²) in [7, 11) is 1.59. The molecular formula is C24H25ClN2O4. The van der Waals surface area contributed by atoms with E-state index in [1.807, 2.05) is 43.3 Å². The first-order chi connectivity index (χ1) is 15.1.